The lowest BCUT2D eigenvalue weighted by atomic mass is 10.1. The molecule has 0 unspecified atom stereocenters. The third-order valence-electron chi connectivity index (χ3n) is 3.06. The second-order valence-corrected chi connectivity index (χ2v) is 4.68. The molecule has 2 rings (SSSR count). The van der Waals surface area contributed by atoms with Crippen molar-refractivity contribution in [2.75, 3.05) is 25.5 Å². The topological polar surface area (TPSA) is 45.2 Å². The van der Waals surface area contributed by atoms with Gasteiger partial charge in [0.25, 0.3) is 12.3 Å². The molecule has 0 bridgehead atoms. The maximum Gasteiger partial charge on any atom is 0.272 e. The summed E-state index contributed by atoms with van der Waals surface area (Å²) in [6, 6.07) is 9.13. The lowest BCUT2D eigenvalue weighted by Crippen LogP contribution is -2.32. The van der Waals surface area contributed by atoms with Gasteiger partial charge in [-0.05, 0) is 18.4 Å². The van der Waals surface area contributed by atoms with Gasteiger partial charge in [0.1, 0.15) is 11.5 Å². The van der Waals surface area contributed by atoms with Crippen molar-refractivity contribution in [2.45, 2.75) is 13.3 Å². The first-order chi connectivity index (χ1) is 10.0. The number of rotatable bonds is 5. The summed E-state index contributed by atoms with van der Waals surface area (Å²) in [5.74, 6) is 0.0737. The molecule has 0 saturated heterocycles. The smallest absolute Gasteiger partial charge is 0.272 e. The van der Waals surface area contributed by atoms with E-state index in [9.17, 15) is 13.6 Å². The van der Waals surface area contributed by atoms with E-state index in [2.05, 4.69) is 10.3 Å². The Morgan fingerprint density at radius 1 is 1.38 bits per heavy atom. The molecule has 0 spiro atoms. The van der Waals surface area contributed by atoms with E-state index >= 15 is 0 Å². The molecular formula is C15H17F2N3O. The van der Waals surface area contributed by atoms with E-state index in [-0.39, 0.29) is 5.69 Å². The third kappa shape index (κ3) is 3.45. The molecule has 0 fully saturated rings. The van der Waals surface area contributed by atoms with Gasteiger partial charge >= 0.3 is 0 Å². The van der Waals surface area contributed by atoms with E-state index in [0.717, 1.165) is 15.7 Å². The fourth-order valence-corrected chi connectivity index (χ4v) is 2.10. The number of halogens is 2. The molecule has 4 nitrogen and oxygen atoms in total. The van der Waals surface area contributed by atoms with Crippen molar-refractivity contribution < 1.29 is 13.6 Å². The summed E-state index contributed by atoms with van der Waals surface area (Å²) in [6.07, 6.45) is -2.56. The Morgan fingerprint density at radius 3 is 2.76 bits per heavy atom. The van der Waals surface area contributed by atoms with Gasteiger partial charge in [-0.25, -0.2) is 13.8 Å². The molecule has 6 heteroatoms. The second kappa shape index (κ2) is 6.47. The van der Waals surface area contributed by atoms with Crippen LogP contribution in [0.4, 0.5) is 14.6 Å². The van der Waals surface area contributed by atoms with Crippen molar-refractivity contribution >= 4 is 22.5 Å². The molecule has 0 aliphatic carbocycles. The van der Waals surface area contributed by atoms with Crippen LogP contribution in [-0.4, -0.2) is 42.4 Å². The van der Waals surface area contributed by atoms with Gasteiger partial charge in [-0.1, -0.05) is 24.3 Å². The largest absolute Gasteiger partial charge is 0.370 e. The van der Waals surface area contributed by atoms with Crippen molar-refractivity contribution in [1.29, 1.82) is 0 Å². The highest BCUT2D eigenvalue weighted by Crippen LogP contribution is 2.23. The number of anilines is 1. The van der Waals surface area contributed by atoms with E-state index in [1.807, 2.05) is 31.2 Å². The minimum Gasteiger partial charge on any atom is -0.370 e. The number of aromatic nitrogens is 1. The lowest BCUT2D eigenvalue weighted by molar-refractivity contribution is 0.0615. The number of benzene rings is 1. The molecule has 0 radical (unpaired) electrons. The van der Waals surface area contributed by atoms with Crippen molar-refractivity contribution in [3.63, 3.8) is 0 Å². The quantitative estimate of drug-likeness (QED) is 0.921. The minimum atomic E-state index is -2.56. The number of pyridine rings is 1. The van der Waals surface area contributed by atoms with Gasteiger partial charge in [0.2, 0.25) is 0 Å². The van der Waals surface area contributed by atoms with Crippen LogP contribution < -0.4 is 5.32 Å². The molecule has 2 aromatic rings. The highest BCUT2D eigenvalue weighted by atomic mass is 19.3. The molecular weight excluding hydrogens is 276 g/mol. The van der Waals surface area contributed by atoms with Gasteiger partial charge in [0, 0.05) is 19.0 Å². The Morgan fingerprint density at radius 2 is 2.10 bits per heavy atom. The summed E-state index contributed by atoms with van der Waals surface area (Å²) in [5, 5.41) is 4.84. The Hall–Kier alpha value is -2.24. The molecule has 21 heavy (non-hydrogen) atoms. The number of fused-ring (bicyclic) bond motifs is 1. The number of carbonyl (C=O) groups excluding carboxylic acids is 1. The summed E-state index contributed by atoms with van der Waals surface area (Å²) in [4.78, 5) is 17.4. The van der Waals surface area contributed by atoms with Crippen LogP contribution in [0.3, 0.4) is 0 Å². The van der Waals surface area contributed by atoms with Crippen molar-refractivity contribution in [2.24, 2.45) is 0 Å². The third-order valence-corrected chi connectivity index (χ3v) is 3.06. The SMILES string of the molecule is CCNc1nc(C(=O)N(C)CC(F)F)cc2ccccc12. The monoisotopic (exact) mass is 293 g/mol. The maximum absolute atomic E-state index is 12.4. The Balaban J connectivity index is 2.42. The molecule has 0 aliphatic rings. The molecule has 0 atom stereocenters. The minimum absolute atomic E-state index is 0.160. The zero-order valence-corrected chi connectivity index (χ0v) is 11.9. The molecule has 0 aliphatic heterocycles. The van der Waals surface area contributed by atoms with Gasteiger partial charge in [-0.3, -0.25) is 4.79 Å². The van der Waals surface area contributed by atoms with Gasteiger partial charge in [0.05, 0.1) is 6.54 Å². The lowest BCUT2D eigenvalue weighted by Gasteiger charge is -2.17. The first kappa shape index (κ1) is 15.2. The first-order valence-corrected chi connectivity index (χ1v) is 6.70. The van der Waals surface area contributed by atoms with Crippen LogP contribution in [0.15, 0.2) is 30.3 Å². The number of hydrogen-bond donors (Lipinski definition) is 1. The van der Waals surface area contributed by atoms with E-state index in [1.165, 1.54) is 7.05 Å². The predicted octanol–water partition coefficient (Wildman–Crippen LogP) is 3.00. The molecule has 0 saturated carbocycles. The van der Waals surface area contributed by atoms with E-state index in [4.69, 9.17) is 0 Å². The van der Waals surface area contributed by atoms with Crippen molar-refractivity contribution in [3.05, 3.63) is 36.0 Å². The Kier molecular flexibility index (Phi) is 4.67. The number of nitrogens with one attached hydrogen (secondary N) is 1. The van der Waals surface area contributed by atoms with Gasteiger partial charge in [-0.2, -0.15) is 0 Å². The van der Waals surface area contributed by atoms with Gasteiger partial charge in [-0.15, -0.1) is 0 Å². The molecule has 1 N–H and O–H groups in total. The maximum atomic E-state index is 12.4. The van der Waals surface area contributed by atoms with Crippen LogP contribution in [0.5, 0.6) is 0 Å². The number of amides is 1. The van der Waals surface area contributed by atoms with Crippen LogP contribution in [-0.2, 0) is 0 Å². The number of carbonyl (C=O) groups is 1. The first-order valence-electron chi connectivity index (χ1n) is 6.70. The van der Waals surface area contributed by atoms with Crippen LogP contribution in [0, 0.1) is 0 Å². The van der Waals surface area contributed by atoms with E-state index < -0.39 is 18.9 Å². The molecule has 1 aromatic carbocycles. The van der Waals surface area contributed by atoms with E-state index in [1.54, 1.807) is 6.07 Å². The highest BCUT2D eigenvalue weighted by molar-refractivity contribution is 6.00. The highest BCUT2D eigenvalue weighted by Gasteiger charge is 2.18. The van der Waals surface area contributed by atoms with Crippen molar-refractivity contribution in [1.82, 2.24) is 9.88 Å². The van der Waals surface area contributed by atoms with Crippen LogP contribution in [0.2, 0.25) is 0 Å². The normalized spacial score (nSPS) is 10.9. The molecule has 112 valence electrons. The zero-order chi connectivity index (χ0) is 15.4. The summed E-state index contributed by atoms with van der Waals surface area (Å²) in [6.45, 7) is 1.97. The average molecular weight is 293 g/mol. The average Bonchev–Trinajstić information content (AvgIpc) is 2.46. The second-order valence-electron chi connectivity index (χ2n) is 4.68. The van der Waals surface area contributed by atoms with Crippen LogP contribution in [0.25, 0.3) is 10.8 Å². The Bertz CT molecular complexity index is 646. The number of nitrogens with zero attached hydrogens (tertiary/aromatic N) is 2. The van der Waals surface area contributed by atoms with Crippen molar-refractivity contribution in [3.8, 4) is 0 Å². The fourth-order valence-electron chi connectivity index (χ4n) is 2.10. The zero-order valence-electron chi connectivity index (χ0n) is 11.9. The molecule has 1 aromatic heterocycles. The van der Waals surface area contributed by atoms with Crippen LogP contribution >= 0.6 is 0 Å². The summed E-state index contributed by atoms with van der Waals surface area (Å²) < 4.78 is 24.8. The van der Waals surface area contributed by atoms with Gasteiger partial charge < -0.3 is 10.2 Å². The number of hydrogen-bond acceptors (Lipinski definition) is 3. The van der Waals surface area contributed by atoms with Crippen LogP contribution in [0.1, 0.15) is 17.4 Å². The molecule has 1 amide bonds. The summed E-state index contributed by atoms with van der Waals surface area (Å²) >= 11 is 0. The summed E-state index contributed by atoms with van der Waals surface area (Å²) in [5.41, 5.74) is 0.160. The van der Waals surface area contributed by atoms with Gasteiger partial charge in [0.15, 0.2) is 0 Å². The predicted molar refractivity (Wildman–Crippen MR) is 78.9 cm³/mol. The van der Waals surface area contributed by atoms with E-state index in [0.29, 0.717) is 12.4 Å². The number of alkyl halides is 2. The Labute approximate surface area is 121 Å². The molecule has 1 heterocycles. The summed E-state index contributed by atoms with van der Waals surface area (Å²) in [7, 11) is 1.35. The standard InChI is InChI=1S/C15H17F2N3O/c1-3-18-14-11-7-5-4-6-10(11)8-12(19-14)15(21)20(2)9-13(16)17/h4-8,13H,3,9H2,1-2H3,(H,18,19). The fraction of sp³-hybridized carbons (Fsp3) is 0.333.